The van der Waals surface area contributed by atoms with E-state index in [0.29, 0.717) is 23.1 Å². The fourth-order valence-corrected chi connectivity index (χ4v) is 2.42. The van der Waals surface area contributed by atoms with Gasteiger partial charge in [-0.2, -0.15) is 0 Å². The Kier molecular flexibility index (Phi) is 6.00. The summed E-state index contributed by atoms with van der Waals surface area (Å²) in [6.45, 7) is 0.209. The van der Waals surface area contributed by atoms with E-state index in [1.165, 1.54) is 0 Å². The number of alkyl halides is 1. The Morgan fingerprint density at radius 3 is 2.77 bits per heavy atom. The lowest BCUT2D eigenvalue weighted by atomic mass is 10.0. The quantitative estimate of drug-likeness (QED) is 0.540. The first-order chi connectivity index (χ1) is 10.6. The number of carbonyl (C=O) groups is 2. The average molecular weight is 413 g/mol. The number of benzene rings is 2. The maximum atomic E-state index is 11.3. The van der Waals surface area contributed by atoms with Crippen LogP contribution in [0.25, 0.3) is 10.8 Å². The number of carboxylic acids is 1. The molecule has 0 fully saturated rings. The van der Waals surface area contributed by atoms with Crippen LogP contribution in [-0.4, -0.2) is 34.6 Å². The molecule has 0 aliphatic rings. The van der Waals surface area contributed by atoms with E-state index >= 15 is 0 Å². The van der Waals surface area contributed by atoms with Crippen LogP contribution in [0.3, 0.4) is 0 Å². The topological polar surface area (TPSA) is 75.6 Å². The van der Waals surface area contributed by atoms with Gasteiger partial charge in [0.05, 0.1) is 4.43 Å². The third-order valence-corrected chi connectivity index (χ3v) is 3.84. The van der Waals surface area contributed by atoms with Gasteiger partial charge in [0.25, 0.3) is 0 Å². The molecule has 1 amide bonds. The lowest BCUT2D eigenvalue weighted by molar-refractivity contribution is -0.139. The fourth-order valence-electron chi connectivity index (χ4n) is 2.15. The fraction of sp³-hybridized carbons (Fsp3) is 0.250. The molecule has 5 nitrogen and oxygen atoms in total. The third kappa shape index (κ3) is 4.59. The maximum absolute atomic E-state index is 11.3. The molecule has 0 aliphatic carbocycles. The SMILES string of the molecule is O=C(O)COc1ccc2cccc(CCNC(=O)CI)c2c1. The highest BCUT2D eigenvalue weighted by atomic mass is 127. The summed E-state index contributed by atoms with van der Waals surface area (Å²) in [6, 6.07) is 11.5. The van der Waals surface area contributed by atoms with Crippen LogP contribution in [0.5, 0.6) is 5.75 Å². The Bertz CT molecular complexity index is 687. The minimum absolute atomic E-state index is 0.0197. The molecule has 0 saturated carbocycles. The van der Waals surface area contributed by atoms with E-state index in [1.807, 2.05) is 52.9 Å². The first-order valence-corrected chi connectivity index (χ1v) is 8.31. The van der Waals surface area contributed by atoms with E-state index in [1.54, 1.807) is 6.07 Å². The number of halogens is 1. The summed E-state index contributed by atoms with van der Waals surface area (Å²) in [6.07, 6.45) is 0.710. The van der Waals surface area contributed by atoms with Gasteiger partial charge < -0.3 is 15.2 Å². The molecule has 0 aliphatic heterocycles. The van der Waals surface area contributed by atoms with Crippen molar-refractivity contribution in [3.63, 3.8) is 0 Å². The monoisotopic (exact) mass is 413 g/mol. The number of nitrogens with one attached hydrogen (secondary N) is 1. The molecule has 2 N–H and O–H groups in total. The van der Waals surface area contributed by atoms with Gasteiger partial charge in [0, 0.05) is 6.54 Å². The lowest BCUT2D eigenvalue weighted by Gasteiger charge is -2.10. The number of carboxylic acid groups (broad SMARTS) is 1. The van der Waals surface area contributed by atoms with Crippen molar-refractivity contribution in [2.45, 2.75) is 6.42 Å². The van der Waals surface area contributed by atoms with Gasteiger partial charge in [-0.25, -0.2) is 4.79 Å². The summed E-state index contributed by atoms with van der Waals surface area (Å²) in [5, 5.41) is 13.6. The van der Waals surface area contributed by atoms with Crippen molar-refractivity contribution >= 4 is 45.2 Å². The largest absolute Gasteiger partial charge is 0.482 e. The average Bonchev–Trinajstić information content (AvgIpc) is 2.52. The van der Waals surface area contributed by atoms with Gasteiger partial charge in [-0.3, -0.25) is 4.79 Å². The number of rotatable bonds is 7. The van der Waals surface area contributed by atoms with Crippen molar-refractivity contribution < 1.29 is 19.4 Å². The Morgan fingerprint density at radius 1 is 1.23 bits per heavy atom. The summed E-state index contributed by atoms with van der Waals surface area (Å²) in [5.41, 5.74) is 1.09. The van der Waals surface area contributed by atoms with Crippen LogP contribution in [-0.2, 0) is 16.0 Å². The molecule has 0 aromatic heterocycles. The summed E-state index contributed by atoms with van der Waals surface area (Å²) >= 11 is 2.02. The van der Waals surface area contributed by atoms with Gasteiger partial charge in [-0.1, -0.05) is 46.9 Å². The predicted octanol–water partition coefficient (Wildman–Crippen LogP) is 2.40. The van der Waals surface area contributed by atoms with Crippen LogP contribution in [0.4, 0.5) is 0 Å². The zero-order valence-corrected chi connectivity index (χ0v) is 14.0. The molecule has 0 radical (unpaired) electrons. The molecule has 0 heterocycles. The highest BCUT2D eigenvalue weighted by molar-refractivity contribution is 14.1. The van der Waals surface area contributed by atoms with Crippen molar-refractivity contribution in [3.8, 4) is 5.75 Å². The maximum Gasteiger partial charge on any atom is 0.341 e. The predicted molar refractivity (Wildman–Crippen MR) is 92.7 cm³/mol. The number of amides is 1. The van der Waals surface area contributed by atoms with Gasteiger partial charge in [-0.05, 0) is 34.9 Å². The lowest BCUT2D eigenvalue weighted by Crippen LogP contribution is -2.26. The first kappa shape index (κ1) is 16.5. The van der Waals surface area contributed by atoms with E-state index < -0.39 is 5.97 Å². The molecular weight excluding hydrogens is 397 g/mol. The van der Waals surface area contributed by atoms with E-state index in [0.717, 1.165) is 16.3 Å². The van der Waals surface area contributed by atoms with Crippen molar-refractivity contribution in [1.29, 1.82) is 0 Å². The van der Waals surface area contributed by atoms with Crippen LogP contribution in [0.2, 0.25) is 0 Å². The summed E-state index contributed by atoms with van der Waals surface area (Å²) in [4.78, 5) is 21.8. The van der Waals surface area contributed by atoms with Gasteiger partial charge in [0.2, 0.25) is 5.91 Å². The third-order valence-electron chi connectivity index (χ3n) is 3.14. The van der Waals surface area contributed by atoms with Gasteiger partial charge in [0.15, 0.2) is 6.61 Å². The number of fused-ring (bicyclic) bond motifs is 1. The Balaban J connectivity index is 2.16. The molecule has 0 spiro atoms. The normalized spacial score (nSPS) is 10.4. The molecule has 2 aromatic carbocycles. The summed E-state index contributed by atoms with van der Waals surface area (Å²) in [5.74, 6) is -0.458. The zero-order valence-electron chi connectivity index (χ0n) is 11.8. The highest BCUT2D eigenvalue weighted by Gasteiger charge is 2.05. The number of ether oxygens (including phenoxy) is 1. The van der Waals surface area contributed by atoms with Crippen LogP contribution < -0.4 is 10.1 Å². The Hall–Kier alpha value is -1.83. The second-order valence-electron chi connectivity index (χ2n) is 4.72. The second-order valence-corrected chi connectivity index (χ2v) is 5.48. The van der Waals surface area contributed by atoms with Crippen LogP contribution >= 0.6 is 22.6 Å². The molecule has 6 heteroatoms. The molecule has 0 atom stereocenters. The van der Waals surface area contributed by atoms with Crippen LogP contribution in [0.15, 0.2) is 36.4 Å². The number of hydrogen-bond donors (Lipinski definition) is 2. The van der Waals surface area contributed by atoms with Crippen LogP contribution in [0.1, 0.15) is 5.56 Å². The van der Waals surface area contributed by atoms with Crippen molar-refractivity contribution in [3.05, 3.63) is 42.0 Å². The Morgan fingerprint density at radius 2 is 2.05 bits per heavy atom. The van der Waals surface area contributed by atoms with Gasteiger partial charge in [0.1, 0.15) is 5.75 Å². The number of carbonyl (C=O) groups excluding carboxylic acids is 1. The van der Waals surface area contributed by atoms with Crippen molar-refractivity contribution in [2.24, 2.45) is 0 Å². The molecule has 0 bridgehead atoms. The first-order valence-electron chi connectivity index (χ1n) is 6.79. The minimum atomic E-state index is -1.00. The molecule has 0 unspecified atom stereocenters. The van der Waals surface area contributed by atoms with Gasteiger partial charge in [-0.15, -0.1) is 0 Å². The summed E-state index contributed by atoms with van der Waals surface area (Å²) < 4.78 is 5.67. The van der Waals surface area contributed by atoms with Gasteiger partial charge >= 0.3 is 5.97 Å². The molecule has 116 valence electrons. The van der Waals surface area contributed by atoms with E-state index in [2.05, 4.69) is 5.32 Å². The van der Waals surface area contributed by atoms with E-state index in [-0.39, 0.29) is 12.5 Å². The standard InChI is InChI=1S/C16H16INO4/c17-9-15(19)18-7-6-12-3-1-2-11-4-5-13(8-14(11)12)22-10-16(20)21/h1-5,8H,6-7,9-10H2,(H,18,19)(H,20,21). The van der Waals surface area contributed by atoms with Crippen molar-refractivity contribution in [2.75, 3.05) is 17.6 Å². The van der Waals surface area contributed by atoms with Crippen LogP contribution in [0, 0.1) is 0 Å². The second kappa shape index (κ2) is 7.98. The summed E-state index contributed by atoms with van der Waals surface area (Å²) in [7, 11) is 0. The minimum Gasteiger partial charge on any atom is -0.482 e. The molecule has 0 saturated heterocycles. The van der Waals surface area contributed by atoms with E-state index in [4.69, 9.17) is 9.84 Å². The Labute approximate surface area is 141 Å². The highest BCUT2D eigenvalue weighted by Crippen LogP contribution is 2.24. The molecule has 22 heavy (non-hydrogen) atoms. The number of aliphatic carboxylic acids is 1. The zero-order chi connectivity index (χ0) is 15.9. The van der Waals surface area contributed by atoms with E-state index in [9.17, 15) is 9.59 Å². The molecule has 2 aromatic rings. The molecule has 2 rings (SSSR count). The smallest absolute Gasteiger partial charge is 0.341 e. The number of hydrogen-bond acceptors (Lipinski definition) is 3. The molecular formula is C16H16INO4. The van der Waals surface area contributed by atoms with Crippen molar-refractivity contribution in [1.82, 2.24) is 5.32 Å².